The van der Waals surface area contributed by atoms with Crippen LogP contribution in [0.5, 0.6) is 5.75 Å². The van der Waals surface area contributed by atoms with Crippen LogP contribution >= 0.6 is 0 Å². The first-order valence-electron chi connectivity index (χ1n) is 21.0. The molecule has 326 valence electrons. The van der Waals surface area contributed by atoms with Crippen LogP contribution in [0.15, 0.2) is 24.3 Å². The average Bonchev–Trinajstić information content (AvgIpc) is 3.68. The van der Waals surface area contributed by atoms with E-state index in [0.717, 1.165) is 5.56 Å². The van der Waals surface area contributed by atoms with Crippen molar-refractivity contribution in [1.82, 2.24) is 24.9 Å². The van der Waals surface area contributed by atoms with Crippen LogP contribution in [0.4, 0.5) is 0 Å². The Morgan fingerprint density at radius 2 is 1.52 bits per heavy atom. The standard InChI is InChI=1S/C44H71N5O9/c1-13-28(3)38-42(55)49-23-14-16-34(49)43(56)58-36(44(6,7)8)25-27(2)24-35(50)29(4)39(52)46(9)22-15-17-37(51)45-33(26-31-18-20-32(57-12)21-19-31)41(54)47(10)30(5)40(53)48(38)11/h18-21,27-30,33-36,38,50H,13-17,22-26H2,1-12H3,(H,45,51)/t27-,28-,29-,30-,33-,34-,35-,36-,38-/m0/s1. The van der Waals surface area contributed by atoms with Crippen molar-refractivity contribution >= 4 is 35.5 Å². The van der Waals surface area contributed by atoms with Crippen molar-refractivity contribution in [3.05, 3.63) is 29.8 Å². The number of likely N-dealkylation sites (N-methyl/N-ethyl adjacent to an activating group) is 2. The average molecular weight is 814 g/mol. The van der Waals surface area contributed by atoms with Gasteiger partial charge in [-0.1, -0.05) is 67.0 Å². The van der Waals surface area contributed by atoms with E-state index in [1.807, 2.05) is 41.5 Å². The van der Waals surface area contributed by atoms with Crippen molar-refractivity contribution in [2.24, 2.45) is 23.2 Å². The Labute approximate surface area is 346 Å². The first-order valence-corrected chi connectivity index (χ1v) is 21.0. The molecule has 2 N–H and O–H groups in total. The molecule has 2 aliphatic heterocycles. The summed E-state index contributed by atoms with van der Waals surface area (Å²) in [5, 5.41) is 14.1. The summed E-state index contributed by atoms with van der Waals surface area (Å²) in [4.78, 5) is 89.6. The number of fused-ring (bicyclic) bond motifs is 1. The maximum Gasteiger partial charge on any atom is 0.329 e. The summed E-state index contributed by atoms with van der Waals surface area (Å²) >= 11 is 0. The molecular formula is C44H71N5O9. The topological polar surface area (TPSA) is 166 Å². The lowest BCUT2D eigenvalue weighted by Gasteiger charge is -2.39. The lowest BCUT2D eigenvalue weighted by Crippen LogP contribution is -2.59. The van der Waals surface area contributed by atoms with Gasteiger partial charge in [-0.2, -0.15) is 0 Å². The Kier molecular flexibility index (Phi) is 17.6. The quantitative estimate of drug-likeness (QED) is 0.418. The van der Waals surface area contributed by atoms with E-state index in [1.165, 1.54) is 21.7 Å². The van der Waals surface area contributed by atoms with Gasteiger partial charge >= 0.3 is 5.97 Å². The highest BCUT2D eigenvalue weighted by atomic mass is 16.5. The van der Waals surface area contributed by atoms with Crippen LogP contribution in [0.3, 0.4) is 0 Å². The zero-order valence-electron chi connectivity index (χ0n) is 37.1. The zero-order valence-corrected chi connectivity index (χ0v) is 37.1. The summed E-state index contributed by atoms with van der Waals surface area (Å²) in [5.74, 6) is -2.93. The van der Waals surface area contributed by atoms with Crippen molar-refractivity contribution in [2.45, 2.75) is 143 Å². The Morgan fingerprint density at radius 1 is 0.879 bits per heavy atom. The van der Waals surface area contributed by atoms with E-state index in [4.69, 9.17) is 9.47 Å². The van der Waals surface area contributed by atoms with Crippen molar-refractivity contribution in [3.63, 3.8) is 0 Å². The Morgan fingerprint density at radius 3 is 2.10 bits per heavy atom. The van der Waals surface area contributed by atoms with E-state index in [1.54, 1.807) is 64.2 Å². The lowest BCUT2D eigenvalue weighted by molar-refractivity contribution is -0.166. The summed E-state index contributed by atoms with van der Waals surface area (Å²) < 4.78 is 11.5. The molecule has 2 saturated heterocycles. The molecule has 2 heterocycles. The fraction of sp³-hybridized carbons (Fsp3) is 0.727. The fourth-order valence-electron chi connectivity index (χ4n) is 7.93. The summed E-state index contributed by atoms with van der Waals surface area (Å²) in [7, 11) is 6.26. The smallest absolute Gasteiger partial charge is 0.329 e. The van der Waals surface area contributed by atoms with Crippen molar-refractivity contribution in [3.8, 4) is 5.75 Å². The van der Waals surface area contributed by atoms with E-state index in [9.17, 15) is 33.9 Å². The van der Waals surface area contributed by atoms with Gasteiger partial charge in [-0.25, -0.2) is 4.79 Å². The van der Waals surface area contributed by atoms with Crippen LogP contribution in [0.2, 0.25) is 0 Å². The predicted molar refractivity (Wildman–Crippen MR) is 221 cm³/mol. The SMILES string of the molecule is CC[C@H](C)[C@H]1C(=O)N2CCC[C@H]2C(=O)O[C@H](C(C)(C)C)C[C@@H](C)C[C@H](O)[C@H](C)C(=O)N(C)CCCC(=O)N[C@@H](Cc2ccc(OC)cc2)C(=O)N(C)[C@@H](C)C(=O)N1C. The molecule has 14 nitrogen and oxygen atoms in total. The van der Waals surface area contributed by atoms with Crippen LogP contribution in [0, 0.1) is 23.2 Å². The van der Waals surface area contributed by atoms with Crippen LogP contribution in [-0.2, 0) is 39.9 Å². The molecule has 0 bridgehead atoms. The highest BCUT2D eigenvalue weighted by Gasteiger charge is 2.44. The number of methoxy groups -OCH3 is 1. The van der Waals surface area contributed by atoms with Gasteiger partial charge in [0.25, 0.3) is 0 Å². The third-order valence-electron chi connectivity index (χ3n) is 12.3. The number of carbonyl (C=O) groups excluding carboxylic acids is 6. The second-order valence-corrected chi connectivity index (χ2v) is 17.9. The number of benzene rings is 1. The molecular weight excluding hydrogens is 743 g/mol. The number of nitrogens with zero attached hydrogens (tertiary/aromatic N) is 4. The van der Waals surface area contributed by atoms with Gasteiger partial charge < -0.3 is 39.5 Å². The maximum atomic E-state index is 14.5. The van der Waals surface area contributed by atoms with E-state index in [0.29, 0.717) is 50.8 Å². The molecule has 1 aromatic rings. The zero-order chi connectivity index (χ0) is 43.6. The Hall–Kier alpha value is -4.20. The summed E-state index contributed by atoms with van der Waals surface area (Å²) in [5.41, 5.74) is 0.300. The van der Waals surface area contributed by atoms with Crippen molar-refractivity contribution in [1.29, 1.82) is 0 Å². The minimum Gasteiger partial charge on any atom is -0.497 e. The third-order valence-corrected chi connectivity index (χ3v) is 12.3. The molecule has 0 saturated carbocycles. The number of carbonyl (C=O) groups is 6. The molecule has 14 heteroatoms. The molecule has 2 fully saturated rings. The van der Waals surface area contributed by atoms with Gasteiger partial charge in [0.15, 0.2) is 0 Å². The third kappa shape index (κ3) is 12.4. The molecule has 0 aliphatic carbocycles. The summed E-state index contributed by atoms with van der Waals surface area (Å²) in [6, 6.07) is 3.35. The van der Waals surface area contributed by atoms with E-state index >= 15 is 0 Å². The molecule has 0 spiro atoms. The first kappa shape index (κ1) is 48.2. The minimum absolute atomic E-state index is 0.0298. The molecule has 5 amide bonds. The highest BCUT2D eigenvalue weighted by Crippen LogP contribution is 2.32. The molecule has 0 radical (unpaired) electrons. The van der Waals surface area contributed by atoms with Gasteiger partial charge in [0.2, 0.25) is 29.5 Å². The highest BCUT2D eigenvalue weighted by molar-refractivity contribution is 5.95. The predicted octanol–water partition coefficient (Wildman–Crippen LogP) is 4.06. The maximum absolute atomic E-state index is 14.5. The van der Waals surface area contributed by atoms with Crippen LogP contribution in [-0.4, -0.2) is 138 Å². The van der Waals surface area contributed by atoms with Crippen LogP contribution in [0.1, 0.15) is 106 Å². The summed E-state index contributed by atoms with van der Waals surface area (Å²) in [6.07, 6.45) is 1.32. The molecule has 1 aromatic carbocycles. The molecule has 0 aromatic heterocycles. The number of cyclic esters (lactones) is 1. The number of esters is 1. The van der Waals surface area contributed by atoms with Gasteiger partial charge in [0.1, 0.15) is 36.0 Å². The normalized spacial score (nSPS) is 29.3. The van der Waals surface area contributed by atoms with Gasteiger partial charge in [-0.3, -0.25) is 24.0 Å². The Balaban J connectivity index is 2.02. The summed E-state index contributed by atoms with van der Waals surface area (Å²) in [6.45, 7) is 15.6. The number of aliphatic hydroxyl groups is 1. The van der Waals surface area contributed by atoms with Gasteiger partial charge in [0.05, 0.1) is 19.1 Å². The van der Waals surface area contributed by atoms with Gasteiger partial charge in [0, 0.05) is 47.1 Å². The van der Waals surface area contributed by atoms with Gasteiger partial charge in [-0.05, 0) is 74.0 Å². The van der Waals surface area contributed by atoms with E-state index in [-0.39, 0.29) is 43.0 Å². The second-order valence-electron chi connectivity index (χ2n) is 17.9. The van der Waals surface area contributed by atoms with Crippen LogP contribution in [0.25, 0.3) is 0 Å². The fourth-order valence-corrected chi connectivity index (χ4v) is 7.93. The number of nitrogens with one attached hydrogen (secondary N) is 1. The van der Waals surface area contributed by atoms with E-state index in [2.05, 4.69) is 5.32 Å². The molecule has 3 rings (SSSR count). The number of hydrogen-bond donors (Lipinski definition) is 2. The van der Waals surface area contributed by atoms with Crippen molar-refractivity contribution < 1.29 is 43.3 Å². The molecule has 9 atom stereocenters. The number of amides is 5. The molecule has 58 heavy (non-hydrogen) atoms. The minimum atomic E-state index is -1.03. The number of hydrogen-bond acceptors (Lipinski definition) is 9. The van der Waals surface area contributed by atoms with E-state index < -0.39 is 71.4 Å². The molecule has 2 aliphatic rings. The van der Waals surface area contributed by atoms with Crippen molar-refractivity contribution in [2.75, 3.05) is 41.3 Å². The Bertz CT molecular complexity index is 1580. The number of ether oxygens (including phenoxy) is 2. The molecule has 0 unspecified atom stereocenters. The number of aliphatic hydroxyl groups excluding tert-OH is 1. The monoisotopic (exact) mass is 814 g/mol. The second kappa shape index (κ2) is 21.2. The lowest BCUT2D eigenvalue weighted by atomic mass is 9.81. The largest absolute Gasteiger partial charge is 0.497 e. The van der Waals surface area contributed by atoms with Gasteiger partial charge in [-0.15, -0.1) is 0 Å². The number of rotatable bonds is 5. The van der Waals surface area contributed by atoms with Crippen LogP contribution < -0.4 is 10.1 Å². The first-order chi connectivity index (χ1) is 27.1.